The quantitative estimate of drug-likeness (QED) is 0.473. The van der Waals surface area contributed by atoms with Crippen molar-refractivity contribution in [1.82, 2.24) is 14.8 Å². The highest BCUT2D eigenvalue weighted by atomic mass is 16.5. The summed E-state index contributed by atoms with van der Waals surface area (Å²) in [5.41, 5.74) is 2.32. The van der Waals surface area contributed by atoms with Crippen molar-refractivity contribution in [3.8, 4) is 17.2 Å². The number of benzene rings is 2. The van der Waals surface area contributed by atoms with E-state index in [0.717, 1.165) is 16.6 Å². The van der Waals surface area contributed by atoms with Gasteiger partial charge in [-0.3, -0.25) is 9.59 Å². The van der Waals surface area contributed by atoms with E-state index in [9.17, 15) is 9.59 Å². The number of carbonyl (C=O) groups is 2. The number of fused-ring (bicyclic) bond motifs is 1. The van der Waals surface area contributed by atoms with Crippen LogP contribution < -0.4 is 19.5 Å². The minimum Gasteiger partial charge on any atom is -0.493 e. The van der Waals surface area contributed by atoms with Crippen LogP contribution in [0.15, 0.2) is 42.5 Å². The second-order valence-corrected chi connectivity index (χ2v) is 8.24. The van der Waals surface area contributed by atoms with Gasteiger partial charge in [0.25, 0.3) is 11.8 Å². The first-order chi connectivity index (χ1) is 17.0. The van der Waals surface area contributed by atoms with Crippen molar-refractivity contribution in [2.75, 3.05) is 53.2 Å². The Morgan fingerprint density at radius 1 is 1.06 bits per heavy atom. The van der Waals surface area contributed by atoms with Gasteiger partial charge >= 0.3 is 0 Å². The molecule has 1 fully saturated rings. The molecule has 2 aromatic carbocycles. The maximum absolute atomic E-state index is 13.1. The molecule has 9 heteroatoms. The summed E-state index contributed by atoms with van der Waals surface area (Å²) >= 11 is 0. The first-order valence-corrected chi connectivity index (χ1v) is 11.6. The molecule has 9 nitrogen and oxygen atoms in total. The molecule has 0 bridgehead atoms. The van der Waals surface area contributed by atoms with Crippen LogP contribution in [0.25, 0.3) is 10.9 Å². The van der Waals surface area contributed by atoms with E-state index < -0.39 is 0 Å². The highest BCUT2D eigenvalue weighted by Gasteiger charge is 2.20. The van der Waals surface area contributed by atoms with Crippen LogP contribution in [-0.2, 0) is 16.6 Å². The molecule has 0 atom stereocenters. The molecule has 35 heavy (non-hydrogen) atoms. The summed E-state index contributed by atoms with van der Waals surface area (Å²) < 4.78 is 24.1. The molecule has 1 aromatic heterocycles. The van der Waals surface area contributed by atoms with E-state index in [-0.39, 0.29) is 18.4 Å². The zero-order valence-electron chi connectivity index (χ0n) is 20.3. The number of para-hydroxylation sites is 2. The number of nitrogens with one attached hydrogen (secondary N) is 1. The molecule has 0 radical (unpaired) electrons. The van der Waals surface area contributed by atoms with Gasteiger partial charge in [0.1, 0.15) is 12.4 Å². The number of hydrogen-bond acceptors (Lipinski definition) is 6. The number of hydrogen-bond donors (Lipinski definition) is 1. The van der Waals surface area contributed by atoms with Crippen molar-refractivity contribution in [2.45, 2.75) is 6.92 Å². The van der Waals surface area contributed by atoms with Crippen LogP contribution in [0.5, 0.6) is 17.2 Å². The summed E-state index contributed by atoms with van der Waals surface area (Å²) in [4.78, 5) is 27.2. The van der Waals surface area contributed by atoms with Crippen molar-refractivity contribution < 1.29 is 28.5 Å². The number of aromatic nitrogens is 1. The first-order valence-electron chi connectivity index (χ1n) is 11.6. The van der Waals surface area contributed by atoms with Gasteiger partial charge in [-0.2, -0.15) is 0 Å². The topological polar surface area (TPSA) is 91.3 Å². The largest absolute Gasteiger partial charge is 0.493 e. The van der Waals surface area contributed by atoms with E-state index in [1.807, 2.05) is 61.0 Å². The molecule has 0 unspecified atom stereocenters. The van der Waals surface area contributed by atoms with Gasteiger partial charge < -0.3 is 33.7 Å². The van der Waals surface area contributed by atoms with E-state index in [0.29, 0.717) is 62.3 Å². The summed E-state index contributed by atoms with van der Waals surface area (Å²) in [6.07, 6.45) is 0. The second-order valence-electron chi connectivity index (χ2n) is 8.24. The zero-order chi connectivity index (χ0) is 24.8. The molecule has 1 aliphatic heterocycles. The minimum atomic E-state index is -0.196. The van der Waals surface area contributed by atoms with Crippen LogP contribution in [0.3, 0.4) is 0 Å². The average Bonchev–Trinajstić information content (AvgIpc) is 3.14. The fourth-order valence-electron chi connectivity index (χ4n) is 4.13. The molecule has 4 rings (SSSR count). The molecule has 1 aliphatic rings. The molecule has 0 aliphatic carbocycles. The van der Waals surface area contributed by atoms with Crippen molar-refractivity contribution in [2.24, 2.45) is 7.05 Å². The van der Waals surface area contributed by atoms with Gasteiger partial charge in [-0.25, -0.2) is 0 Å². The van der Waals surface area contributed by atoms with Crippen LogP contribution in [0.4, 0.5) is 0 Å². The fraction of sp³-hybridized carbons (Fsp3) is 0.385. The van der Waals surface area contributed by atoms with Crippen LogP contribution in [0.1, 0.15) is 16.1 Å². The van der Waals surface area contributed by atoms with E-state index in [2.05, 4.69) is 5.32 Å². The summed E-state index contributed by atoms with van der Waals surface area (Å²) in [7, 11) is 3.51. The second kappa shape index (κ2) is 11.1. The predicted octanol–water partition coefficient (Wildman–Crippen LogP) is 2.54. The Balaban J connectivity index is 1.41. The van der Waals surface area contributed by atoms with Crippen LogP contribution in [-0.4, -0.2) is 74.5 Å². The Bertz CT molecular complexity index is 1200. The number of rotatable bonds is 9. The molecular formula is C26H31N3O6. The zero-order valence-corrected chi connectivity index (χ0v) is 20.3. The molecule has 1 saturated heterocycles. The number of aryl methyl sites for hydroxylation is 1. The van der Waals surface area contributed by atoms with E-state index in [1.54, 1.807) is 12.0 Å². The van der Waals surface area contributed by atoms with Crippen LogP contribution in [0.2, 0.25) is 0 Å². The Morgan fingerprint density at radius 3 is 2.54 bits per heavy atom. The summed E-state index contributed by atoms with van der Waals surface area (Å²) in [6, 6.07) is 12.9. The lowest BCUT2D eigenvalue weighted by Gasteiger charge is -2.26. The molecule has 2 amide bonds. The fourth-order valence-corrected chi connectivity index (χ4v) is 4.13. The number of carbonyl (C=O) groups excluding carboxylic acids is 2. The maximum Gasteiger partial charge on any atom is 0.260 e. The number of nitrogens with zero attached hydrogens (tertiary/aromatic N) is 2. The highest BCUT2D eigenvalue weighted by molar-refractivity contribution is 6.08. The summed E-state index contributed by atoms with van der Waals surface area (Å²) in [5, 5.41) is 3.70. The Morgan fingerprint density at radius 2 is 1.80 bits per heavy atom. The number of ether oxygens (including phenoxy) is 4. The summed E-state index contributed by atoms with van der Waals surface area (Å²) in [6.45, 7) is 4.72. The van der Waals surface area contributed by atoms with Gasteiger partial charge in [-0.15, -0.1) is 0 Å². The van der Waals surface area contributed by atoms with Gasteiger partial charge in [0.2, 0.25) is 0 Å². The van der Waals surface area contributed by atoms with Crippen molar-refractivity contribution in [1.29, 1.82) is 0 Å². The van der Waals surface area contributed by atoms with Gasteiger partial charge in [0, 0.05) is 36.7 Å². The molecule has 0 saturated carbocycles. The number of methoxy groups -OCH3 is 1. The van der Waals surface area contributed by atoms with Crippen LogP contribution >= 0.6 is 0 Å². The normalized spacial score (nSPS) is 13.5. The Hall–Kier alpha value is -3.72. The first kappa shape index (κ1) is 24.4. The Kier molecular flexibility index (Phi) is 7.77. The third-order valence-electron chi connectivity index (χ3n) is 6.13. The lowest BCUT2D eigenvalue weighted by Crippen LogP contribution is -2.42. The van der Waals surface area contributed by atoms with Gasteiger partial charge in [-0.05, 0) is 37.3 Å². The monoisotopic (exact) mass is 481 g/mol. The standard InChI is InChI=1S/C26H31N3O6/c1-18-25(26(31)27-10-13-34-23-7-5-4-6-22(23)32-3)20-16-19(8-9-21(20)28(18)2)35-17-24(30)29-11-14-33-15-12-29/h4-9,16H,10-15,17H2,1-3H3,(H,27,31). The maximum atomic E-state index is 13.1. The molecule has 0 spiro atoms. The van der Waals surface area contributed by atoms with E-state index >= 15 is 0 Å². The number of amides is 2. The van der Waals surface area contributed by atoms with Crippen LogP contribution in [0, 0.1) is 6.92 Å². The molecule has 186 valence electrons. The lowest BCUT2D eigenvalue weighted by molar-refractivity contribution is -0.137. The van der Waals surface area contributed by atoms with Crippen molar-refractivity contribution in [3.63, 3.8) is 0 Å². The van der Waals surface area contributed by atoms with Crippen molar-refractivity contribution in [3.05, 3.63) is 53.7 Å². The Labute approximate surface area is 204 Å². The third-order valence-corrected chi connectivity index (χ3v) is 6.13. The molecule has 2 heterocycles. The highest BCUT2D eigenvalue weighted by Crippen LogP contribution is 2.29. The average molecular weight is 482 g/mol. The van der Waals surface area contributed by atoms with Crippen molar-refractivity contribution >= 4 is 22.7 Å². The molecule has 1 N–H and O–H groups in total. The number of morpholine rings is 1. The van der Waals surface area contributed by atoms with Gasteiger partial charge in [0.15, 0.2) is 18.1 Å². The third kappa shape index (κ3) is 5.51. The predicted molar refractivity (Wildman–Crippen MR) is 131 cm³/mol. The molecule has 3 aromatic rings. The summed E-state index contributed by atoms with van der Waals surface area (Å²) in [5.74, 6) is 1.53. The van der Waals surface area contributed by atoms with E-state index in [4.69, 9.17) is 18.9 Å². The van der Waals surface area contributed by atoms with E-state index in [1.165, 1.54) is 0 Å². The van der Waals surface area contributed by atoms with Gasteiger partial charge in [0.05, 0.1) is 32.4 Å². The van der Waals surface area contributed by atoms with Gasteiger partial charge in [-0.1, -0.05) is 12.1 Å². The lowest BCUT2D eigenvalue weighted by atomic mass is 10.1. The molecular weight excluding hydrogens is 450 g/mol. The SMILES string of the molecule is COc1ccccc1OCCNC(=O)c1c(C)n(C)c2ccc(OCC(=O)N3CCOCC3)cc12. The smallest absolute Gasteiger partial charge is 0.260 e. The minimum absolute atomic E-state index is 0.0564.